The van der Waals surface area contributed by atoms with Gasteiger partial charge in [-0.15, -0.1) is 12.4 Å². The molecule has 0 unspecified atom stereocenters. The Kier molecular flexibility index (Phi) is 9.03. The lowest BCUT2D eigenvalue weighted by Gasteiger charge is -2.15. The molecule has 0 aliphatic carbocycles. The number of anilines is 1. The quantitative estimate of drug-likeness (QED) is 0.660. The zero-order valence-electron chi connectivity index (χ0n) is 15.1. The molecule has 0 heterocycles. The van der Waals surface area contributed by atoms with Gasteiger partial charge in [-0.1, -0.05) is 31.5 Å². The van der Waals surface area contributed by atoms with E-state index in [0.717, 1.165) is 47.7 Å². The molecule has 1 amide bonds. The highest BCUT2D eigenvalue weighted by molar-refractivity contribution is 5.93. The number of carbonyl (C=O) groups excluding carboxylic acids is 1. The van der Waals surface area contributed by atoms with Crippen molar-refractivity contribution in [3.05, 3.63) is 53.6 Å². The molecule has 136 valence electrons. The lowest BCUT2D eigenvalue weighted by molar-refractivity contribution is -0.115. The maximum Gasteiger partial charge on any atom is 0.238 e. The third kappa shape index (κ3) is 6.77. The van der Waals surface area contributed by atoms with Crippen molar-refractivity contribution in [2.45, 2.75) is 33.6 Å². The number of halogens is 1. The van der Waals surface area contributed by atoms with Gasteiger partial charge in [0.2, 0.25) is 5.91 Å². The average molecular weight is 363 g/mol. The summed E-state index contributed by atoms with van der Waals surface area (Å²) in [6, 6.07) is 13.6. The van der Waals surface area contributed by atoms with Crippen molar-refractivity contribution in [1.29, 1.82) is 0 Å². The van der Waals surface area contributed by atoms with Gasteiger partial charge in [-0.25, -0.2) is 0 Å². The van der Waals surface area contributed by atoms with Gasteiger partial charge in [-0.2, -0.15) is 0 Å². The molecular formula is C20H27ClN2O2. The van der Waals surface area contributed by atoms with E-state index in [4.69, 9.17) is 4.74 Å². The van der Waals surface area contributed by atoms with Crippen LogP contribution in [0.25, 0.3) is 0 Å². The van der Waals surface area contributed by atoms with Crippen LogP contribution in [0.1, 0.15) is 30.9 Å². The highest BCUT2D eigenvalue weighted by Gasteiger charge is 2.10. The Morgan fingerprint density at radius 1 is 1.04 bits per heavy atom. The smallest absolute Gasteiger partial charge is 0.238 e. The molecule has 0 fully saturated rings. The van der Waals surface area contributed by atoms with Gasteiger partial charge in [0, 0.05) is 5.69 Å². The Morgan fingerprint density at radius 3 is 2.28 bits per heavy atom. The van der Waals surface area contributed by atoms with E-state index in [-0.39, 0.29) is 18.3 Å². The van der Waals surface area contributed by atoms with Crippen LogP contribution in [0.15, 0.2) is 42.5 Å². The number of carbonyl (C=O) groups is 1. The summed E-state index contributed by atoms with van der Waals surface area (Å²) in [7, 11) is 0. The van der Waals surface area contributed by atoms with Crippen molar-refractivity contribution >= 4 is 24.0 Å². The molecule has 4 nitrogen and oxygen atoms in total. The number of para-hydroxylation sites is 1. The summed E-state index contributed by atoms with van der Waals surface area (Å²) in [5.74, 6) is 1.55. The zero-order valence-corrected chi connectivity index (χ0v) is 15.9. The van der Waals surface area contributed by atoms with Crippen LogP contribution in [0.4, 0.5) is 5.69 Å². The van der Waals surface area contributed by atoms with Crippen molar-refractivity contribution in [2.24, 2.45) is 0 Å². The minimum absolute atomic E-state index is 0. The Labute approximate surface area is 156 Å². The van der Waals surface area contributed by atoms with Gasteiger partial charge >= 0.3 is 0 Å². The monoisotopic (exact) mass is 362 g/mol. The largest absolute Gasteiger partial charge is 0.457 e. The van der Waals surface area contributed by atoms with Crippen LogP contribution in [0.5, 0.6) is 11.5 Å². The summed E-state index contributed by atoms with van der Waals surface area (Å²) < 4.78 is 5.87. The van der Waals surface area contributed by atoms with Crippen LogP contribution in [0, 0.1) is 13.8 Å². The van der Waals surface area contributed by atoms with Gasteiger partial charge in [0.15, 0.2) is 0 Å². The van der Waals surface area contributed by atoms with Crippen molar-refractivity contribution < 1.29 is 9.53 Å². The molecule has 0 saturated carbocycles. The van der Waals surface area contributed by atoms with Gasteiger partial charge < -0.3 is 15.4 Å². The topological polar surface area (TPSA) is 50.4 Å². The van der Waals surface area contributed by atoms with Crippen LogP contribution in [0.2, 0.25) is 0 Å². The molecular weight excluding hydrogens is 336 g/mol. The molecule has 0 saturated heterocycles. The van der Waals surface area contributed by atoms with Gasteiger partial charge in [-0.05, 0) is 62.2 Å². The standard InChI is InChI=1S/C20H26N2O2.ClH/c1-4-5-11-21-14-19(23)22-20-15(2)12-18(13-16(20)3)24-17-9-7-6-8-10-17;/h6-10,12-13,21H,4-5,11,14H2,1-3H3,(H,22,23);1H. The molecule has 0 spiro atoms. The Hall–Kier alpha value is -2.04. The van der Waals surface area contributed by atoms with E-state index in [1.54, 1.807) is 0 Å². The van der Waals surface area contributed by atoms with Gasteiger partial charge in [-0.3, -0.25) is 4.79 Å². The highest BCUT2D eigenvalue weighted by Crippen LogP contribution is 2.29. The maximum atomic E-state index is 12.1. The predicted octanol–water partition coefficient (Wildman–Crippen LogP) is 4.85. The molecule has 2 aromatic rings. The molecule has 2 aromatic carbocycles. The van der Waals surface area contributed by atoms with Crippen molar-refractivity contribution in [1.82, 2.24) is 5.32 Å². The normalized spacial score (nSPS) is 10.0. The van der Waals surface area contributed by atoms with E-state index in [1.807, 2.05) is 56.3 Å². The van der Waals surface area contributed by atoms with Crippen molar-refractivity contribution in [2.75, 3.05) is 18.4 Å². The molecule has 25 heavy (non-hydrogen) atoms. The van der Waals surface area contributed by atoms with Gasteiger partial charge in [0.1, 0.15) is 11.5 Å². The first-order chi connectivity index (χ1) is 11.6. The van der Waals surface area contributed by atoms with Crippen LogP contribution >= 0.6 is 12.4 Å². The Balaban J connectivity index is 0.00000312. The number of hydrogen-bond acceptors (Lipinski definition) is 3. The summed E-state index contributed by atoms with van der Waals surface area (Å²) >= 11 is 0. The molecule has 0 aliphatic rings. The summed E-state index contributed by atoms with van der Waals surface area (Å²) in [4.78, 5) is 12.1. The average Bonchev–Trinajstić information content (AvgIpc) is 2.56. The van der Waals surface area contributed by atoms with Crippen LogP contribution in [-0.2, 0) is 4.79 Å². The van der Waals surface area contributed by atoms with Gasteiger partial charge in [0.25, 0.3) is 0 Å². The number of nitrogens with one attached hydrogen (secondary N) is 2. The molecule has 2 rings (SSSR count). The highest BCUT2D eigenvalue weighted by atomic mass is 35.5. The first-order valence-electron chi connectivity index (χ1n) is 8.45. The van der Waals surface area contributed by atoms with Crippen molar-refractivity contribution in [3.63, 3.8) is 0 Å². The lowest BCUT2D eigenvalue weighted by Crippen LogP contribution is -2.29. The van der Waals surface area contributed by atoms with Crippen LogP contribution < -0.4 is 15.4 Å². The number of unbranched alkanes of at least 4 members (excludes halogenated alkanes) is 1. The molecule has 5 heteroatoms. The SMILES string of the molecule is CCCCNCC(=O)Nc1c(C)cc(Oc2ccccc2)cc1C.Cl. The first-order valence-corrected chi connectivity index (χ1v) is 8.45. The number of hydrogen-bond donors (Lipinski definition) is 2. The fraction of sp³-hybridized carbons (Fsp3) is 0.350. The van der Waals surface area contributed by atoms with Gasteiger partial charge in [0.05, 0.1) is 6.54 Å². The number of amides is 1. The summed E-state index contributed by atoms with van der Waals surface area (Å²) in [6.45, 7) is 7.29. The second-order valence-corrected chi connectivity index (χ2v) is 5.93. The number of rotatable bonds is 8. The lowest BCUT2D eigenvalue weighted by atomic mass is 10.1. The van der Waals surface area contributed by atoms with E-state index in [9.17, 15) is 4.79 Å². The molecule has 0 aromatic heterocycles. The zero-order chi connectivity index (χ0) is 17.4. The van der Waals surface area contributed by atoms with Crippen LogP contribution in [-0.4, -0.2) is 19.0 Å². The molecule has 0 aliphatic heterocycles. The fourth-order valence-corrected chi connectivity index (χ4v) is 2.49. The molecule has 0 radical (unpaired) electrons. The van der Waals surface area contributed by atoms with Crippen LogP contribution in [0.3, 0.4) is 0 Å². The third-order valence-corrected chi connectivity index (χ3v) is 3.74. The van der Waals surface area contributed by atoms with E-state index >= 15 is 0 Å². The molecule has 0 atom stereocenters. The van der Waals surface area contributed by atoms with E-state index < -0.39 is 0 Å². The Bertz CT molecular complexity index is 652. The maximum absolute atomic E-state index is 12.1. The van der Waals surface area contributed by atoms with E-state index in [0.29, 0.717) is 6.54 Å². The second-order valence-electron chi connectivity index (χ2n) is 5.93. The number of ether oxygens (including phenoxy) is 1. The van der Waals surface area contributed by atoms with E-state index in [1.165, 1.54) is 0 Å². The number of benzene rings is 2. The predicted molar refractivity (Wildman–Crippen MR) is 106 cm³/mol. The molecule has 0 bridgehead atoms. The minimum atomic E-state index is -0.0194. The Morgan fingerprint density at radius 2 is 1.68 bits per heavy atom. The fourth-order valence-electron chi connectivity index (χ4n) is 2.49. The summed E-state index contributed by atoms with van der Waals surface area (Å²) in [5.41, 5.74) is 2.84. The van der Waals surface area contributed by atoms with Crippen molar-refractivity contribution in [3.8, 4) is 11.5 Å². The van der Waals surface area contributed by atoms with E-state index in [2.05, 4.69) is 17.6 Å². The summed E-state index contributed by atoms with van der Waals surface area (Å²) in [6.07, 6.45) is 2.20. The minimum Gasteiger partial charge on any atom is -0.457 e. The third-order valence-electron chi connectivity index (χ3n) is 3.74. The summed E-state index contributed by atoms with van der Waals surface area (Å²) in [5, 5.41) is 6.14. The number of aryl methyl sites for hydroxylation is 2. The second kappa shape index (κ2) is 10.7. The molecule has 2 N–H and O–H groups in total. The first kappa shape index (κ1) is 21.0.